The number of aryl methyl sites for hydroxylation is 1. The molecule has 0 heterocycles. The lowest BCUT2D eigenvalue weighted by Gasteiger charge is -2.08. The number of rotatable bonds is 4. The molecule has 0 fully saturated rings. The molecule has 0 saturated carbocycles. The Morgan fingerprint density at radius 2 is 2.23 bits per heavy atom. The van der Waals surface area contributed by atoms with Gasteiger partial charge in [-0.15, -0.1) is 0 Å². The summed E-state index contributed by atoms with van der Waals surface area (Å²) in [6.07, 6.45) is 0. The van der Waals surface area contributed by atoms with E-state index in [1.54, 1.807) is 7.11 Å². The minimum atomic E-state index is 0.644. The highest BCUT2D eigenvalue weighted by molar-refractivity contribution is 5.50. The second-order valence-electron chi connectivity index (χ2n) is 2.90. The summed E-state index contributed by atoms with van der Waals surface area (Å²) in [6, 6.07) is 5.99. The smallest absolute Gasteiger partial charge is 0.121 e. The van der Waals surface area contributed by atoms with Crippen LogP contribution in [-0.2, 0) is 0 Å². The Bertz CT molecular complexity index is 274. The number of hydrogen-bond donors (Lipinski definition) is 2. The maximum absolute atomic E-state index is 5.38. The third kappa shape index (κ3) is 2.63. The zero-order valence-corrected chi connectivity index (χ0v) is 8.13. The van der Waals surface area contributed by atoms with Crippen molar-refractivity contribution >= 4 is 5.69 Å². The van der Waals surface area contributed by atoms with Crippen molar-refractivity contribution in [1.82, 2.24) is 0 Å². The van der Waals surface area contributed by atoms with Crippen molar-refractivity contribution in [3.63, 3.8) is 0 Å². The van der Waals surface area contributed by atoms with Crippen LogP contribution in [0.1, 0.15) is 5.56 Å². The summed E-state index contributed by atoms with van der Waals surface area (Å²) in [7, 11) is 1.68. The highest BCUT2D eigenvalue weighted by Gasteiger charge is 1.98. The van der Waals surface area contributed by atoms with Gasteiger partial charge in [0.1, 0.15) is 5.75 Å². The maximum atomic E-state index is 5.38. The second kappa shape index (κ2) is 4.72. The van der Waals surface area contributed by atoms with E-state index in [1.165, 1.54) is 0 Å². The fraction of sp³-hybridized carbons (Fsp3) is 0.400. The maximum Gasteiger partial charge on any atom is 0.121 e. The third-order valence-corrected chi connectivity index (χ3v) is 1.87. The summed E-state index contributed by atoms with van der Waals surface area (Å²) in [5.41, 5.74) is 7.60. The van der Waals surface area contributed by atoms with Crippen LogP contribution in [0.5, 0.6) is 5.75 Å². The second-order valence-corrected chi connectivity index (χ2v) is 2.90. The number of methoxy groups -OCH3 is 1. The number of nitrogens with two attached hydrogens (primary N) is 1. The average molecular weight is 180 g/mol. The van der Waals surface area contributed by atoms with Gasteiger partial charge >= 0.3 is 0 Å². The standard InChI is InChI=1S/C10H16N2O/c1-8-7-9(12-6-5-11)3-4-10(8)13-2/h3-4,7,12H,5-6,11H2,1-2H3. The van der Waals surface area contributed by atoms with Crippen LogP contribution in [0, 0.1) is 6.92 Å². The molecule has 3 N–H and O–H groups in total. The van der Waals surface area contributed by atoms with Gasteiger partial charge in [0, 0.05) is 18.8 Å². The molecule has 0 aromatic heterocycles. The van der Waals surface area contributed by atoms with Crippen molar-refractivity contribution in [2.45, 2.75) is 6.92 Å². The normalized spacial score (nSPS) is 9.77. The lowest BCUT2D eigenvalue weighted by molar-refractivity contribution is 0.412. The minimum Gasteiger partial charge on any atom is -0.496 e. The fourth-order valence-corrected chi connectivity index (χ4v) is 1.20. The van der Waals surface area contributed by atoms with E-state index in [0.717, 1.165) is 23.5 Å². The molecule has 0 aliphatic carbocycles. The van der Waals surface area contributed by atoms with Crippen molar-refractivity contribution in [2.75, 3.05) is 25.5 Å². The van der Waals surface area contributed by atoms with Crippen LogP contribution in [-0.4, -0.2) is 20.2 Å². The summed E-state index contributed by atoms with van der Waals surface area (Å²) < 4.78 is 5.15. The van der Waals surface area contributed by atoms with Crippen molar-refractivity contribution in [3.05, 3.63) is 23.8 Å². The molecule has 72 valence electrons. The van der Waals surface area contributed by atoms with Crippen molar-refractivity contribution in [1.29, 1.82) is 0 Å². The Labute approximate surface area is 78.9 Å². The monoisotopic (exact) mass is 180 g/mol. The van der Waals surface area contributed by atoms with Gasteiger partial charge in [0.2, 0.25) is 0 Å². The minimum absolute atomic E-state index is 0.644. The van der Waals surface area contributed by atoms with E-state index in [1.807, 2.05) is 19.1 Å². The zero-order chi connectivity index (χ0) is 9.68. The molecule has 0 saturated heterocycles. The molecule has 0 aliphatic rings. The SMILES string of the molecule is COc1ccc(NCCN)cc1C. The van der Waals surface area contributed by atoms with Gasteiger partial charge < -0.3 is 15.8 Å². The first-order valence-electron chi connectivity index (χ1n) is 4.36. The summed E-state index contributed by atoms with van der Waals surface area (Å²) in [5, 5.41) is 3.21. The van der Waals surface area contributed by atoms with Crippen molar-refractivity contribution in [3.8, 4) is 5.75 Å². The molecule has 0 radical (unpaired) electrons. The molecule has 0 atom stereocenters. The van der Waals surface area contributed by atoms with Gasteiger partial charge in [0.05, 0.1) is 7.11 Å². The molecule has 1 rings (SSSR count). The molecule has 0 spiro atoms. The Kier molecular flexibility index (Phi) is 3.58. The predicted molar refractivity (Wildman–Crippen MR) is 55.3 cm³/mol. The van der Waals surface area contributed by atoms with E-state index in [4.69, 9.17) is 10.5 Å². The van der Waals surface area contributed by atoms with Gasteiger partial charge in [-0.1, -0.05) is 0 Å². The van der Waals surface area contributed by atoms with Crippen LogP contribution in [0.4, 0.5) is 5.69 Å². The largest absolute Gasteiger partial charge is 0.496 e. The molecule has 3 nitrogen and oxygen atoms in total. The van der Waals surface area contributed by atoms with E-state index < -0.39 is 0 Å². The molecular weight excluding hydrogens is 164 g/mol. The van der Waals surface area contributed by atoms with E-state index in [9.17, 15) is 0 Å². The molecule has 13 heavy (non-hydrogen) atoms. The van der Waals surface area contributed by atoms with E-state index in [0.29, 0.717) is 6.54 Å². The molecule has 1 aromatic carbocycles. The van der Waals surface area contributed by atoms with Crippen LogP contribution in [0.3, 0.4) is 0 Å². The molecule has 0 unspecified atom stereocenters. The van der Waals surface area contributed by atoms with Gasteiger partial charge in [0.25, 0.3) is 0 Å². The number of benzene rings is 1. The molecular formula is C10H16N2O. The Morgan fingerprint density at radius 3 is 2.77 bits per heavy atom. The van der Waals surface area contributed by atoms with Crippen LogP contribution in [0.15, 0.2) is 18.2 Å². The van der Waals surface area contributed by atoms with Crippen LogP contribution in [0.25, 0.3) is 0 Å². The van der Waals surface area contributed by atoms with Gasteiger partial charge in [-0.25, -0.2) is 0 Å². The Balaban J connectivity index is 2.71. The lowest BCUT2D eigenvalue weighted by Crippen LogP contribution is -2.13. The first kappa shape index (κ1) is 9.86. The molecule has 0 aliphatic heterocycles. The van der Waals surface area contributed by atoms with Crippen LogP contribution >= 0.6 is 0 Å². The molecule has 0 bridgehead atoms. The van der Waals surface area contributed by atoms with Gasteiger partial charge in [0.15, 0.2) is 0 Å². The van der Waals surface area contributed by atoms with E-state index in [-0.39, 0.29) is 0 Å². The Morgan fingerprint density at radius 1 is 1.46 bits per heavy atom. The molecule has 3 heteroatoms. The van der Waals surface area contributed by atoms with Crippen LogP contribution < -0.4 is 15.8 Å². The molecule has 0 amide bonds. The Hall–Kier alpha value is -1.22. The van der Waals surface area contributed by atoms with Crippen LogP contribution in [0.2, 0.25) is 0 Å². The van der Waals surface area contributed by atoms with Gasteiger partial charge in [-0.3, -0.25) is 0 Å². The zero-order valence-electron chi connectivity index (χ0n) is 8.13. The average Bonchev–Trinajstić information content (AvgIpc) is 2.15. The van der Waals surface area contributed by atoms with E-state index in [2.05, 4.69) is 11.4 Å². The lowest BCUT2D eigenvalue weighted by atomic mass is 10.2. The summed E-state index contributed by atoms with van der Waals surface area (Å²) in [5.74, 6) is 0.915. The number of anilines is 1. The predicted octanol–water partition coefficient (Wildman–Crippen LogP) is 1.37. The van der Waals surface area contributed by atoms with Gasteiger partial charge in [-0.2, -0.15) is 0 Å². The fourth-order valence-electron chi connectivity index (χ4n) is 1.20. The van der Waals surface area contributed by atoms with Crippen molar-refractivity contribution in [2.24, 2.45) is 5.73 Å². The summed E-state index contributed by atoms with van der Waals surface area (Å²) in [6.45, 7) is 3.46. The van der Waals surface area contributed by atoms with Gasteiger partial charge in [-0.05, 0) is 30.7 Å². The number of ether oxygens (including phenoxy) is 1. The third-order valence-electron chi connectivity index (χ3n) is 1.87. The van der Waals surface area contributed by atoms with Crippen molar-refractivity contribution < 1.29 is 4.74 Å². The quantitative estimate of drug-likeness (QED) is 0.735. The molecule has 1 aromatic rings. The highest BCUT2D eigenvalue weighted by Crippen LogP contribution is 2.20. The van der Waals surface area contributed by atoms with E-state index >= 15 is 0 Å². The topological polar surface area (TPSA) is 47.3 Å². The summed E-state index contributed by atoms with van der Waals surface area (Å²) >= 11 is 0. The summed E-state index contributed by atoms with van der Waals surface area (Å²) in [4.78, 5) is 0. The first-order chi connectivity index (χ1) is 6.27. The number of nitrogens with one attached hydrogen (secondary N) is 1. The first-order valence-corrected chi connectivity index (χ1v) is 4.36. The number of hydrogen-bond acceptors (Lipinski definition) is 3. The highest BCUT2D eigenvalue weighted by atomic mass is 16.5.